The van der Waals surface area contributed by atoms with Crippen molar-refractivity contribution in [3.05, 3.63) is 270 Å². The summed E-state index contributed by atoms with van der Waals surface area (Å²) in [5.74, 6) is 0. The topological polar surface area (TPSA) is 38.0 Å². The van der Waals surface area contributed by atoms with Crippen LogP contribution in [0.3, 0.4) is 0 Å². The minimum absolute atomic E-state index is 0.0617. The Morgan fingerprint density at radius 1 is 0.320 bits per heavy atom. The molecule has 0 spiro atoms. The van der Waals surface area contributed by atoms with Crippen molar-refractivity contribution in [1.29, 1.82) is 0 Å². The van der Waals surface area contributed by atoms with E-state index in [0.717, 1.165) is 27.1 Å². The molecule has 0 amide bonds. The third-order valence-electron chi connectivity index (χ3n) is 14.1. The first-order valence-corrected chi connectivity index (χ1v) is 26.7. The van der Waals surface area contributed by atoms with Gasteiger partial charge in [0.15, 0.2) is 0 Å². The van der Waals surface area contributed by atoms with Gasteiger partial charge in [0, 0.05) is 32.7 Å². The normalized spacial score (nSPS) is 11.5. The van der Waals surface area contributed by atoms with E-state index in [1.807, 2.05) is 6.07 Å². The monoisotopic (exact) mass is 1030 g/mol. The van der Waals surface area contributed by atoms with E-state index < -0.39 is 0 Å². The maximum atomic E-state index is 6.26. The van der Waals surface area contributed by atoms with Gasteiger partial charge in [-0.1, -0.05) is 264 Å². The number of hydrogen-bond donors (Lipinski definition) is 2. The first-order chi connectivity index (χ1) is 36.3. The molecule has 12 aromatic rings. The Balaban J connectivity index is 0.000000142. The van der Waals surface area contributed by atoms with Gasteiger partial charge in [0.1, 0.15) is 0 Å². The number of hydrogen-bond acceptors (Lipinski definition) is 2. The number of rotatable bonds is 6. The Hall–Kier alpha value is -8.24. The Morgan fingerprint density at radius 2 is 0.693 bits per heavy atom. The third-order valence-corrected chi connectivity index (χ3v) is 14.6. The van der Waals surface area contributed by atoms with Crippen LogP contribution in [0, 0.1) is 0 Å². The van der Waals surface area contributed by atoms with Crippen molar-refractivity contribution in [2.75, 3.05) is 11.1 Å². The molecule has 0 unspecified atom stereocenters. The molecule has 2 nitrogen and oxygen atoms in total. The average molecular weight is 1040 g/mol. The predicted molar refractivity (Wildman–Crippen MR) is 330 cm³/mol. The zero-order chi connectivity index (χ0) is 52.1. The number of halogens is 1. The Morgan fingerprint density at radius 3 is 1.17 bits per heavy atom. The van der Waals surface area contributed by atoms with E-state index in [9.17, 15) is 0 Å². The average Bonchev–Trinajstić information content (AvgIpc) is 3.42. The number of anilines is 3. The lowest BCUT2D eigenvalue weighted by Crippen LogP contribution is -2.11. The smallest absolute Gasteiger partial charge is 0.0464 e. The highest BCUT2D eigenvalue weighted by atomic mass is 79.9. The molecule has 12 rings (SSSR count). The van der Waals surface area contributed by atoms with Crippen molar-refractivity contribution >= 4 is 76.1 Å². The van der Waals surface area contributed by atoms with E-state index in [2.05, 4.69) is 312 Å². The summed E-state index contributed by atoms with van der Waals surface area (Å²) in [6.45, 7) is 13.5. The fraction of sp³-hybridized carbons (Fsp3) is 0.111. The fourth-order valence-electron chi connectivity index (χ4n) is 10.0. The number of fused-ring (bicyclic) bond motifs is 4. The molecule has 0 bridgehead atoms. The van der Waals surface area contributed by atoms with Gasteiger partial charge in [0.2, 0.25) is 0 Å². The molecule has 0 saturated carbocycles. The number of nitrogens with one attached hydrogen (secondary N) is 1. The fourth-order valence-corrected chi connectivity index (χ4v) is 10.4. The number of nitrogen functional groups attached to an aromatic ring is 1. The van der Waals surface area contributed by atoms with Crippen LogP contribution in [-0.4, -0.2) is 0 Å². The van der Waals surface area contributed by atoms with Gasteiger partial charge in [-0.2, -0.15) is 0 Å². The van der Waals surface area contributed by atoms with Crippen molar-refractivity contribution in [2.45, 2.75) is 52.4 Å². The molecule has 75 heavy (non-hydrogen) atoms. The summed E-state index contributed by atoms with van der Waals surface area (Å²) in [6.07, 6.45) is 0. The van der Waals surface area contributed by atoms with Crippen molar-refractivity contribution in [2.24, 2.45) is 0 Å². The lowest BCUT2D eigenvalue weighted by molar-refractivity contribution is 0.590. The second-order valence-electron chi connectivity index (χ2n) is 21.4. The van der Waals surface area contributed by atoms with Gasteiger partial charge in [-0.15, -0.1) is 0 Å². The number of benzene rings is 12. The standard InChI is InChI=1S/C36H31N.C20H21N.C16H11Br/c1-36(2,3)28-21-22-35(34(24-28)33-20-10-14-26-12-5-7-18-31(26)33)37-29-16-8-15-27(23-29)32-19-9-13-25-11-4-6-17-30(25)32;1-20(2,3)15-11-12-19(21)18(13-15)17-10-6-8-14-7-4-5-9-16(14)17;17-14-8-3-7-13(11-14)16-10-4-6-12-5-1-2-9-15(12)16/h4-24,37H,1-3H3;4-13H,21H2,1-3H3;1-11H. The minimum Gasteiger partial charge on any atom is -0.398 e. The summed E-state index contributed by atoms with van der Waals surface area (Å²) in [7, 11) is 0. The van der Waals surface area contributed by atoms with Crippen LogP contribution in [-0.2, 0) is 10.8 Å². The van der Waals surface area contributed by atoms with Crippen LogP contribution >= 0.6 is 15.9 Å². The maximum Gasteiger partial charge on any atom is 0.0464 e. The van der Waals surface area contributed by atoms with E-state index in [4.69, 9.17) is 5.73 Å². The SMILES string of the molecule is Brc1cccc(-c2cccc3ccccc23)c1.CC(C)(C)c1ccc(N)c(-c2cccc3ccccc23)c1.CC(C)(C)c1ccc(Nc2cccc(-c3cccc4ccccc34)c2)c(-c2cccc3ccccc23)c1. The molecule has 0 aliphatic carbocycles. The zero-order valence-corrected chi connectivity index (χ0v) is 45.3. The second kappa shape index (κ2) is 21.7. The molecule has 0 aromatic heterocycles. The van der Waals surface area contributed by atoms with Crippen molar-refractivity contribution in [3.8, 4) is 44.5 Å². The van der Waals surface area contributed by atoms with Crippen LogP contribution in [0.1, 0.15) is 52.7 Å². The Kier molecular flexibility index (Phi) is 14.5. The van der Waals surface area contributed by atoms with E-state index in [-0.39, 0.29) is 10.8 Å². The highest BCUT2D eigenvalue weighted by molar-refractivity contribution is 9.10. The van der Waals surface area contributed by atoms with E-state index in [1.54, 1.807) is 0 Å². The maximum absolute atomic E-state index is 6.26. The van der Waals surface area contributed by atoms with Crippen molar-refractivity contribution in [1.82, 2.24) is 0 Å². The summed E-state index contributed by atoms with van der Waals surface area (Å²) in [5.41, 5.74) is 21.9. The molecule has 3 heteroatoms. The summed E-state index contributed by atoms with van der Waals surface area (Å²) in [5, 5.41) is 13.9. The van der Waals surface area contributed by atoms with Gasteiger partial charge in [0.05, 0.1) is 0 Å². The van der Waals surface area contributed by atoms with Gasteiger partial charge in [0.25, 0.3) is 0 Å². The molecule has 3 N–H and O–H groups in total. The highest BCUT2D eigenvalue weighted by Crippen LogP contribution is 2.40. The molecule has 0 saturated heterocycles. The minimum atomic E-state index is 0.0617. The molecule has 368 valence electrons. The van der Waals surface area contributed by atoms with Crippen LogP contribution in [0.2, 0.25) is 0 Å². The van der Waals surface area contributed by atoms with E-state index >= 15 is 0 Å². The predicted octanol–water partition coefficient (Wildman–Crippen LogP) is 21.0. The van der Waals surface area contributed by atoms with Gasteiger partial charge in [-0.05, 0) is 147 Å². The first kappa shape index (κ1) is 50.3. The first-order valence-electron chi connectivity index (χ1n) is 25.9. The summed E-state index contributed by atoms with van der Waals surface area (Å²) in [4.78, 5) is 0. The molecule has 0 fully saturated rings. The van der Waals surface area contributed by atoms with Crippen LogP contribution in [0.25, 0.3) is 87.6 Å². The lowest BCUT2D eigenvalue weighted by Gasteiger charge is -2.23. The zero-order valence-electron chi connectivity index (χ0n) is 43.7. The van der Waals surface area contributed by atoms with Gasteiger partial charge >= 0.3 is 0 Å². The molecule has 12 aromatic carbocycles. The molecule has 0 aliphatic heterocycles. The molecule has 0 aliphatic rings. The summed E-state index contributed by atoms with van der Waals surface area (Å²) < 4.78 is 1.11. The van der Waals surface area contributed by atoms with E-state index in [1.165, 1.54) is 93.2 Å². The summed E-state index contributed by atoms with van der Waals surface area (Å²) >= 11 is 3.52. The van der Waals surface area contributed by atoms with Gasteiger partial charge < -0.3 is 11.1 Å². The van der Waals surface area contributed by atoms with Crippen LogP contribution < -0.4 is 11.1 Å². The Labute approximate surface area is 451 Å². The van der Waals surface area contributed by atoms with Crippen LogP contribution in [0.5, 0.6) is 0 Å². The third kappa shape index (κ3) is 11.3. The molecular weight excluding hydrogens is 973 g/mol. The van der Waals surface area contributed by atoms with Crippen LogP contribution in [0.15, 0.2) is 259 Å². The summed E-state index contributed by atoms with van der Waals surface area (Å²) in [6, 6.07) is 90.5. The van der Waals surface area contributed by atoms with Crippen LogP contribution in [0.4, 0.5) is 17.1 Å². The van der Waals surface area contributed by atoms with Gasteiger partial charge in [-0.25, -0.2) is 0 Å². The lowest BCUT2D eigenvalue weighted by atomic mass is 9.84. The molecule has 0 radical (unpaired) electrons. The van der Waals surface area contributed by atoms with Crippen molar-refractivity contribution in [3.63, 3.8) is 0 Å². The quantitative estimate of drug-likeness (QED) is 0.163. The highest BCUT2D eigenvalue weighted by Gasteiger charge is 2.19. The van der Waals surface area contributed by atoms with E-state index in [0.29, 0.717) is 0 Å². The molecular formula is C72H63BrN2. The Bertz CT molecular complexity index is 3960. The van der Waals surface area contributed by atoms with Gasteiger partial charge in [-0.3, -0.25) is 0 Å². The van der Waals surface area contributed by atoms with Crippen molar-refractivity contribution < 1.29 is 0 Å². The molecule has 0 heterocycles. The largest absolute Gasteiger partial charge is 0.398 e. The number of nitrogens with two attached hydrogens (primary N) is 1. The second-order valence-corrected chi connectivity index (χ2v) is 22.3. The molecule has 0 atom stereocenters.